The van der Waals surface area contributed by atoms with Crippen LogP contribution in [0.2, 0.25) is 0 Å². The monoisotopic (exact) mass is 320 g/mol. The number of methoxy groups -OCH3 is 2. The summed E-state index contributed by atoms with van der Waals surface area (Å²) in [6, 6.07) is 1.56. The SMILES string of the molecule is CCn1c([C@@H]2C[C@H](OC)CN2c2nccc(OC)n2)n[nH]c1=O. The fourth-order valence-corrected chi connectivity index (χ4v) is 2.91. The molecule has 1 saturated heterocycles. The van der Waals surface area contributed by atoms with Crippen LogP contribution in [0.15, 0.2) is 17.1 Å². The number of anilines is 1. The highest BCUT2D eigenvalue weighted by molar-refractivity contribution is 5.37. The quantitative estimate of drug-likeness (QED) is 0.849. The zero-order valence-corrected chi connectivity index (χ0v) is 13.4. The van der Waals surface area contributed by atoms with E-state index in [2.05, 4.69) is 20.2 Å². The van der Waals surface area contributed by atoms with Gasteiger partial charge in [0.15, 0.2) is 5.82 Å². The van der Waals surface area contributed by atoms with Crippen LogP contribution in [-0.2, 0) is 11.3 Å². The van der Waals surface area contributed by atoms with Crippen LogP contribution in [0.25, 0.3) is 0 Å². The Bertz CT molecular complexity index is 727. The minimum Gasteiger partial charge on any atom is -0.481 e. The number of H-pyrrole nitrogens is 1. The average molecular weight is 320 g/mol. The molecule has 2 aromatic rings. The summed E-state index contributed by atoms with van der Waals surface area (Å²) < 4.78 is 12.3. The number of ether oxygens (including phenoxy) is 2. The Morgan fingerprint density at radius 3 is 2.96 bits per heavy atom. The fourth-order valence-electron chi connectivity index (χ4n) is 2.91. The van der Waals surface area contributed by atoms with Crippen molar-refractivity contribution in [1.82, 2.24) is 24.7 Å². The molecule has 0 aliphatic carbocycles. The molecule has 0 saturated carbocycles. The lowest BCUT2D eigenvalue weighted by molar-refractivity contribution is 0.118. The molecule has 1 fully saturated rings. The Morgan fingerprint density at radius 2 is 2.26 bits per heavy atom. The minimum absolute atomic E-state index is 0.0203. The van der Waals surface area contributed by atoms with Gasteiger partial charge >= 0.3 is 5.69 Å². The molecule has 0 spiro atoms. The van der Waals surface area contributed by atoms with Crippen LogP contribution in [0.5, 0.6) is 5.88 Å². The molecule has 124 valence electrons. The smallest absolute Gasteiger partial charge is 0.343 e. The van der Waals surface area contributed by atoms with Crippen LogP contribution in [-0.4, -0.2) is 51.6 Å². The summed E-state index contributed by atoms with van der Waals surface area (Å²) in [7, 11) is 3.24. The predicted molar refractivity (Wildman–Crippen MR) is 82.6 cm³/mol. The summed E-state index contributed by atoms with van der Waals surface area (Å²) in [5.41, 5.74) is -0.213. The molecule has 9 heteroatoms. The van der Waals surface area contributed by atoms with E-state index in [1.807, 2.05) is 11.8 Å². The van der Waals surface area contributed by atoms with Gasteiger partial charge in [-0.2, -0.15) is 10.1 Å². The van der Waals surface area contributed by atoms with Crippen molar-refractivity contribution < 1.29 is 9.47 Å². The normalized spacial score (nSPS) is 20.9. The molecule has 1 aliphatic rings. The van der Waals surface area contributed by atoms with E-state index in [9.17, 15) is 4.79 Å². The van der Waals surface area contributed by atoms with Crippen molar-refractivity contribution in [2.45, 2.75) is 32.0 Å². The van der Waals surface area contributed by atoms with Crippen molar-refractivity contribution in [2.24, 2.45) is 0 Å². The van der Waals surface area contributed by atoms with Gasteiger partial charge in [0, 0.05) is 38.9 Å². The highest BCUT2D eigenvalue weighted by Gasteiger charge is 2.38. The van der Waals surface area contributed by atoms with Gasteiger partial charge in [-0.1, -0.05) is 0 Å². The Morgan fingerprint density at radius 1 is 1.43 bits per heavy atom. The maximum Gasteiger partial charge on any atom is 0.343 e. The highest BCUT2D eigenvalue weighted by atomic mass is 16.5. The molecule has 0 aromatic carbocycles. The molecular formula is C14H20N6O3. The maximum atomic E-state index is 11.9. The molecule has 3 rings (SSSR count). The van der Waals surface area contributed by atoms with Crippen molar-refractivity contribution in [3.8, 4) is 5.88 Å². The molecule has 2 atom stereocenters. The largest absolute Gasteiger partial charge is 0.481 e. The van der Waals surface area contributed by atoms with E-state index in [-0.39, 0.29) is 17.8 Å². The van der Waals surface area contributed by atoms with Crippen molar-refractivity contribution in [3.63, 3.8) is 0 Å². The first-order chi connectivity index (χ1) is 11.2. The second-order valence-electron chi connectivity index (χ2n) is 5.29. The van der Waals surface area contributed by atoms with E-state index in [0.717, 1.165) is 0 Å². The van der Waals surface area contributed by atoms with Gasteiger partial charge in [-0.15, -0.1) is 0 Å². The second-order valence-corrected chi connectivity index (χ2v) is 5.29. The zero-order chi connectivity index (χ0) is 16.4. The van der Waals surface area contributed by atoms with Crippen LogP contribution < -0.4 is 15.3 Å². The van der Waals surface area contributed by atoms with Gasteiger partial charge in [0.25, 0.3) is 0 Å². The van der Waals surface area contributed by atoms with Gasteiger partial charge in [0.2, 0.25) is 11.8 Å². The predicted octanol–water partition coefficient (Wildman–Crippen LogP) is 0.356. The number of aromatic nitrogens is 5. The number of rotatable bonds is 5. The first-order valence-electron chi connectivity index (χ1n) is 7.49. The third kappa shape index (κ3) is 2.79. The Hall–Kier alpha value is -2.42. The van der Waals surface area contributed by atoms with E-state index in [1.165, 1.54) is 0 Å². The summed E-state index contributed by atoms with van der Waals surface area (Å²) in [5.74, 6) is 1.69. The number of aromatic amines is 1. The molecule has 2 aromatic heterocycles. The molecule has 23 heavy (non-hydrogen) atoms. The van der Waals surface area contributed by atoms with E-state index < -0.39 is 0 Å². The number of nitrogens with zero attached hydrogens (tertiary/aromatic N) is 5. The van der Waals surface area contributed by atoms with Gasteiger partial charge in [0.1, 0.15) is 0 Å². The fraction of sp³-hybridized carbons (Fsp3) is 0.571. The molecular weight excluding hydrogens is 300 g/mol. The minimum atomic E-state index is -0.213. The van der Waals surface area contributed by atoms with E-state index in [4.69, 9.17) is 9.47 Å². The third-order valence-electron chi connectivity index (χ3n) is 4.08. The lowest BCUT2D eigenvalue weighted by Crippen LogP contribution is -2.29. The Balaban J connectivity index is 2.00. The van der Waals surface area contributed by atoms with Crippen LogP contribution in [0.1, 0.15) is 25.2 Å². The van der Waals surface area contributed by atoms with Crippen molar-refractivity contribution >= 4 is 5.95 Å². The molecule has 1 N–H and O–H groups in total. The van der Waals surface area contributed by atoms with Crippen LogP contribution in [0, 0.1) is 0 Å². The first-order valence-corrected chi connectivity index (χ1v) is 7.49. The van der Waals surface area contributed by atoms with Gasteiger partial charge < -0.3 is 14.4 Å². The Kier molecular flexibility index (Phi) is 4.28. The maximum absolute atomic E-state index is 11.9. The molecule has 0 amide bonds. The number of hydrogen-bond acceptors (Lipinski definition) is 7. The summed E-state index contributed by atoms with van der Waals surface area (Å²) in [6.45, 7) is 3.08. The number of nitrogens with one attached hydrogen (secondary N) is 1. The van der Waals surface area contributed by atoms with Gasteiger partial charge in [-0.05, 0) is 6.92 Å². The number of hydrogen-bond donors (Lipinski definition) is 1. The lowest BCUT2D eigenvalue weighted by atomic mass is 10.2. The summed E-state index contributed by atoms with van der Waals surface area (Å²) in [6.07, 6.45) is 2.38. The van der Waals surface area contributed by atoms with Gasteiger partial charge in [0.05, 0.1) is 19.3 Å². The first kappa shape index (κ1) is 15.5. The van der Waals surface area contributed by atoms with Crippen molar-refractivity contribution in [1.29, 1.82) is 0 Å². The molecule has 9 nitrogen and oxygen atoms in total. The van der Waals surface area contributed by atoms with Crippen LogP contribution in [0.3, 0.4) is 0 Å². The third-order valence-corrected chi connectivity index (χ3v) is 4.08. The van der Waals surface area contributed by atoms with E-state index >= 15 is 0 Å². The summed E-state index contributed by atoms with van der Waals surface area (Å²) >= 11 is 0. The average Bonchev–Trinajstić information content (AvgIpc) is 3.17. The van der Waals surface area contributed by atoms with Crippen molar-refractivity contribution in [3.05, 3.63) is 28.6 Å². The standard InChI is InChI=1S/C14H20N6O3/c1-4-19-12(17-18-14(19)21)10-7-9(22-2)8-20(10)13-15-6-5-11(16-13)23-3/h5-6,9-10H,4,7-8H2,1-3H3,(H,18,21)/t9-,10-/m0/s1. The van der Waals surface area contributed by atoms with Crippen LogP contribution in [0.4, 0.5) is 5.95 Å². The molecule has 0 bridgehead atoms. The topological polar surface area (TPSA) is 98.2 Å². The van der Waals surface area contributed by atoms with Crippen LogP contribution >= 0.6 is 0 Å². The summed E-state index contributed by atoms with van der Waals surface area (Å²) in [5, 5.41) is 6.71. The van der Waals surface area contributed by atoms with Gasteiger partial charge in [-0.3, -0.25) is 4.57 Å². The van der Waals surface area contributed by atoms with Crippen molar-refractivity contribution in [2.75, 3.05) is 25.7 Å². The summed E-state index contributed by atoms with van der Waals surface area (Å²) in [4.78, 5) is 22.6. The van der Waals surface area contributed by atoms with Gasteiger partial charge in [-0.25, -0.2) is 14.9 Å². The lowest BCUT2D eigenvalue weighted by Gasteiger charge is -2.23. The highest BCUT2D eigenvalue weighted by Crippen LogP contribution is 2.34. The molecule has 0 radical (unpaired) electrons. The molecule has 3 heterocycles. The van der Waals surface area contributed by atoms with E-state index in [0.29, 0.717) is 37.2 Å². The zero-order valence-electron chi connectivity index (χ0n) is 13.4. The second kappa shape index (κ2) is 6.37. The van der Waals surface area contributed by atoms with E-state index in [1.54, 1.807) is 31.0 Å². The molecule has 1 aliphatic heterocycles. The molecule has 0 unspecified atom stereocenters. The Labute approximate surface area is 133 Å².